The molecule has 0 saturated carbocycles. The molecule has 0 aliphatic heterocycles. The van der Waals surface area contributed by atoms with Gasteiger partial charge < -0.3 is 4.74 Å². The average Bonchev–Trinajstić information content (AvgIpc) is 2.65. The maximum absolute atomic E-state index is 5.29. The second-order valence-corrected chi connectivity index (χ2v) is 3.15. The zero-order valence-corrected chi connectivity index (χ0v) is 9.53. The summed E-state index contributed by atoms with van der Waals surface area (Å²) in [6.07, 6.45) is 1.75. The number of hydrogen-bond donors (Lipinski definition) is 0. The Kier molecular flexibility index (Phi) is 4.09. The Hall–Kier alpha value is -1.58. The van der Waals surface area contributed by atoms with Gasteiger partial charge in [0.1, 0.15) is 5.76 Å². The number of rotatable bonds is 5. The summed E-state index contributed by atoms with van der Waals surface area (Å²) in [4.78, 5) is 4.13. The van der Waals surface area contributed by atoms with Crippen molar-refractivity contribution in [3.8, 4) is 0 Å². The van der Waals surface area contributed by atoms with E-state index in [0.717, 1.165) is 11.4 Å². The van der Waals surface area contributed by atoms with Crippen LogP contribution in [0.5, 0.6) is 0 Å². The summed E-state index contributed by atoms with van der Waals surface area (Å²) in [5.74, 6) is 0.714. The minimum Gasteiger partial charge on any atom is -0.497 e. The molecule has 0 N–H and O–H groups in total. The van der Waals surface area contributed by atoms with Crippen LogP contribution in [0.2, 0.25) is 0 Å². The van der Waals surface area contributed by atoms with E-state index in [-0.39, 0.29) is 0 Å². The first kappa shape index (κ1) is 11.5. The summed E-state index contributed by atoms with van der Waals surface area (Å²) >= 11 is 0. The van der Waals surface area contributed by atoms with Crippen LogP contribution >= 0.6 is 0 Å². The summed E-state index contributed by atoms with van der Waals surface area (Å²) in [6, 6.07) is 1.93. The third-order valence-corrected chi connectivity index (χ3v) is 2.10. The van der Waals surface area contributed by atoms with Crippen molar-refractivity contribution in [3.05, 3.63) is 30.3 Å². The van der Waals surface area contributed by atoms with Crippen LogP contribution in [-0.4, -0.2) is 29.1 Å². The van der Waals surface area contributed by atoms with Crippen LogP contribution in [0.15, 0.2) is 29.6 Å². The highest BCUT2D eigenvalue weighted by Gasteiger charge is 2.06. The number of nitrogens with zero attached hydrogens (tertiary/aromatic N) is 3. The largest absolute Gasteiger partial charge is 0.497 e. The molecule has 82 valence electrons. The van der Waals surface area contributed by atoms with E-state index < -0.39 is 0 Å². The molecule has 0 unspecified atom stereocenters. The quantitative estimate of drug-likeness (QED) is 0.546. The van der Waals surface area contributed by atoms with Crippen molar-refractivity contribution in [2.45, 2.75) is 20.4 Å². The molecule has 0 atom stereocenters. The van der Waals surface area contributed by atoms with Gasteiger partial charge in [0.05, 0.1) is 24.6 Å². The first-order valence-corrected chi connectivity index (χ1v) is 4.95. The van der Waals surface area contributed by atoms with Crippen LogP contribution in [0, 0.1) is 0 Å². The zero-order valence-electron chi connectivity index (χ0n) is 9.53. The molecule has 0 fully saturated rings. The highest BCUT2D eigenvalue weighted by atomic mass is 16.5. The fourth-order valence-corrected chi connectivity index (χ4v) is 1.30. The monoisotopic (exact) mass is 207 g/mol. The topological polar surface area (TPSA) is 39.4 Å². The molecule has 0 saturated heterocycles. The summed E-state index contributed by atoms with van der Waals surface area (Å²) in [5, 5.41) is 4.20. The SMILES string of the molecule is C=C(Cn1nccc1C(C)=NC)OCC. The number of hydrogen-bond acceptors (Lipinski definition) is 3. The highest BCUT2D eigenvalue weighted by molar-refractivity contribution is 5.97. The molecule has 4 heteroatoms. The number of aromatic nitrogens is 2. The lowest BCUT2D eigenvalue weighted by Gasteiger charge is -2.09. The van der Waals surface area contributed by atoms with Crippen LogP contribution in [0.3, 0.4) is 0 Å². The molecule has 0 radical (unpaired) electrons. The van der Waals surface area contributed by atoms with Crippen molar-refractivity contribution in [3.63, 3.8) is 0 Å². The van der Waals surface area contributed by atoms with Crippen molar-refractivity contribution >= 4 is 5.71 Å². The summed E-state index contributed by atoms with van der Waals surface area (Å²) in [7, 11) is 1.77. The molecule has 15 heavy (non-hydrogen) atoms. The van der Waals surface area contributed by atoms with E-state index >= 15 is 0 Å². The van der Waals surface area contributed by atoms with Crippen molar-refractivity contribution < 1.29 is 4.74 Å². The first-order chi connectivity index (χ1) is 7.19. The van der Waals surface area contributed by atoms with Gasteiger partial charge in [0.15, 0.2) is 0 Å². The number of ether oxygens (including phenoxy) is 1. The lowest BCUT2D eigenvalue weighted by Crippen LogP contribution is -2.11. The molecule has 1 aromatic rings. The van der Waals surface area contributed by atoms with E-state index in [0.29, 0.717) is 18.9 Å². The van der Waals surface area contributed by atoms with E-state index in [1.165, 1.54) is 0 Å². The second kappa shape index (κ2) is 5.34. The predicted molar refractivity (Wildman–Crippen MR) is 61.1 cm³/mol. The Labute approximate surface area is 90.3 Å². The highest BCUT2D eigenvalue weighted by Crippen LogP contribution is 2.05. The minimum absolute atomic E-state index is 0.572. The molecule has 0 amide bonds. The molecule has 0 aliphatic rings. The van der Waals surface area contributed by atoms with Gasteiger partial charge in [-0.3, -0.25) is 9.67 Å². The van der Waals surface area contributed by atoms with Gasteiger partial charge in [-0.05, 0) is 19.9 Å². The van der Waals surface area contributed by atoms with Crippen LogP contribution in [0.4, 0.5) is 0 Å². The van der Waals surface area contributed by atoms with Gasteiger partial charge in [-0.15, -0.1) is 0 Å². The maximum Gasteiger partial charge on any atom is 0.110 e. The van der Waals surface area contributed by atoms with Crippen molar-refractivity contribution in [1.82, 2.24) is 9.78 Å². The molecule has 0 bridgehead atoms. The van der Waals surface area contributed by atoms with Gasteiger partial charge in [0.25, 0.3) is 0 Å². The molecule has 4 nitrogen and oxygen atoms in total. The van der Waals surface area contributed by atoms with Crippen LogP contribution in [0.1, 0.15) is 19.5 Å². The smallest absolute Gasteiger partial charge is 0.110 e. The fourth-order valence-electron chi connectivity index (χ4n) is 1.30. The van der Waals surface area contributed by atoms with Crippen molar-refractivity contribution in [1.29, 1.82) is 0 Å². The van der Waals surface area contributed by atoms with Gasteiger partial charge in [-0.25, -0.2) is 0 Å². The van der Waals surface area contributed by atoms with Crippen molar-refractivity contribution in [2.24, 2.45) is 4.99 Å². The third kappa shape index (κ3) is 2.94. The van der Waals surface area contributed by atoms with Gasteiger partial charge >= 0.3 is 0 Å². The predicted octanol–water partition coefficient (Wildman–Crippen LogP) is 1.87. The van der Waals surface area contributed by atoms with E-state index in [2.05, 4.69) is 16.7 Å². The third-order valence-electron chi connectivity index (χ3n) is 2.10. The molecule has 0 aliphatic carbocycles. The van der Waals surface area contributed by atoms with E-state index in [4.69, 9.17) is 4.74 Å². The molecular weight excluding hydrogens is 190 g/mol. The molecular formula is C11H17N3O. The lowest BCUT2D eigenvalue weighted by molar-refractivity contribution is 0.212. The normalized spacial score (nSPS) is 11.5. The number of aliphatic imine (C=N–C) groups is 1. The van der Waals surface area contributed by atoms with Gasteiger partial charge in [0, 0.05) is 13.2 Å². The van der Waals surface area contributed by atoms with Gasteiger partial charge in [0.2, 0.25) is 0 Å². The Morgan fingerprint density at radius 2 is 2.40 bits per heavy atom. The van der Waals surface area contributed by atoms with Crippen LogP contribution in [-0.2, 0) is 11.3 Å². The molecule has 1 aromatic heterocycles. The van der Waals surface area contributed by atoms with Crippen molar-refractivity contribution in [2.75, 3.05) is 13.7 Å². The molecule has 1 heterocycles. The van der Waals surface area contributed by atoms with Gasteiger partial charge in [-0.2, -0.15) is 5.10 Å². The lowest BCUT2D eigenvalue weighted by atomic mass is 10.3. The molecule has 0 aromatic carbocycles. The summed E-state index contributed by atoms with van der Waals surface area (Å²) in [5.41, 5.74) is 1.95. The van der Waals surface area contributed by atoms with E-state index in [9.17, 15) is 0 Å². The van der Waals surface area contributed by atoms with Crippen LogP contribution < -0.4 is 0 Å². The standard InChI is InChI=1S/C11H17N3O/c1-5-15-9(2)8-14-11(6-7-13-14)10(3)12-4/h6-7H,2,5,8H2,1,3-4H3. The van der Waals surface area contributed by atoms with E-state index in [1.807, 2.05) is 24.6 Å². The van der Waals surface area contributed by atoms with E-state index in [1.54, 1.807) is 13.2 Å². The first-order valence-electron chi connectivity index (χ1n) is 4.95. The average molecular weight is 207 g/mol. The summed E-state index contributed by atoms with van der Waals surface area (Å²) < 4.78 is 7.12. The van der Waals surface area contributed by atoms with Gasteiger partial charge in [-0.1, -0.05) is 6.58 Å². The summed E-state index contributed by atoms with van der Waals surface area (Å²) in [6.45, 7) is 8.92. The zero-order chi connectivity index (χ0) is 11.3. The number of allylic oxidation sites excluding steroid dienone is 1. The Bertz CT molecular complexity index is 366. The molecule has 0 spiro atoms. The second-order valence-electron chi connectivity index (χ2n) is 3.15. The maximum atomic E-state index is 5.29. The fraction of sp³-hybridized carbons (Fsp3) is 0.455. The Morgan fingerprint density at radius 3 is 3.00 bits per heavy atom. The Morgan fingerprint density at radius 1 is 1.67 bits per heavy atom. The van der Waals surface area contributed by atoms with Crippen LogP contribution in [0.25, 0.3) is 0 Å². The Balaban J connectivity index is 2.78. The molecule has 1 rings (SSSR count). The minimum atomic E-state index is 0.572.